The molecule has 7 nitrogen and oxygen atoms in total. The van der Waals surface area contributed by atoms with Crippen LogP contribution in [0.5, 0.6) is 0 Å². The molecule has 3 aromatic rings. The Morgan fingerprint density at radius 2 is 1.55 bits per heavy atom. The van der Waals surface area contributed by atoms with Gasteiger partial charge in [-0.15, -0.1) is 0 Å². The summed E-state index contributed by atoms with van der Waals surface area (Å²) in [6.07, 6.45) is 0. The van der Waals surface area contributed by atoms with E-state index in [1.807, 2.05) is 54.6 Å². The van der Waals surface area contributed by atoms with Crippen LogP contribution in [0, 0.1) is 17.2 Å². The molecule has 0 saturated carbocycles. The first-order valence-electron chi connectivity index (χ1n) is 10.2. The molecule has 3 aromatic carbocycles. The van der Waals surface area contributed by atoms with E-state index in [0.717, 1.165) is 16.7 Å². The van der Waals surface area contributed by atoms with Gasteiger partial charge in [-0.3, -0.25) is 9.59 Å². The number of nitrogens with one attached hydrogen (secondary N) is 1. The highest BCUT2D eigenvalue weighted by molar-refractivity contribution is 7.89. The third-order valence-corrected chi connectivity index (χ3v) is 6.34. The zero-order valence-corrected chi connectivity index (χ0v) is 18.7. The molecular formula is C25H22N2O5S. The summed E-state index contributed by atoms with van der Waals surface area (Å²) < 4.78 is 33.2. The molecule has 0 saturated heterocycles. The molecule has 3 rings (SSSR count). The summed E-state index contributed by atoms with van der Waals surface area (Å²) in [5.74, 6) is -3.68. The summed E-state index contributed by atoms with van der Waals surface area (Å²) in [6.45, 7) is 1.54. The van der Waals surface area contributed by atoms with Crippen molar-refractivity contribution in [3.63, 3.8) is 0 Å². The molecule has 0 spiro atoms. The number of Topliss-reactive ketones (excluding diaryl/α,β-unsaturated/α-hetero) is 1. The highest BCUT2D eigenvalue weighted by Gasteiger charge is 2.32. The zero-order valence-electron chi connectivity index (χ0n) is 17.9. The topological polar surface area (TPSA) is 113 Å². The third-order valence-electron chi connectivity index (χ3n) is 4.88. The van der Waals surface area contributed by atoms with Crippen LogP contribution < -0.4 is 4.72 Å². The van der Waals surface area contributed by atoms with Crippen LogP contribution in [-0.2, 0) is 26.1 Å². The smallest absolute Gasteiger partial charge is 0.331 e. The first-order chi connectivity index (χ1) is 15.9. The first-order valence-corrected chi connectivity index (χ1v) is 11.7. The summed E-state index contributed by atoms with van der Waals surface area (Å²) in [6, 6.07) is 24.3. The second-order valence-electron chi connectivity index (χ2n) is 7.06. The van der Waals surface area contributed by atoms with Gasteiger partial charge in [-0.05, 0) is 35.7 Å². The molecule has 1 atom stereocenters. The van der Waals surface area contributed by atoms with E-state index in [4.69, 9.17) is 4.74 Å². The predicted octanol–water partition coefficient (Wildman–Crippen LogP) is 3.72. The molecule has 1 N–H and O–H groups in total. The Labute approximate surface area is 192 Å². The van der Waals surface area contributed by atoms with E-state index in [9.17, 15) is 23.3 Å². The van der Waals surface area contributed by atoms with Crippen molar-refractivity contribution in [2.45, 2.75) is 18.4 Å². The van der Waals surface area contributed by atoms with Crippen molar-refractivity contribution < 1.29 is 22.7 Å². The van der Waals surface area contributed by atoms with Crippen molar-refractivity contribution in [3.8, 4) is 17.2 Å². The first kappa shape index (κ1) is 23.9. The van der Waals surface area contributed by atoms with Crippen LogP contribution >= 0.6 is 0 Å². The van der Waals surface area contributed by atoms with Gasteiger partial charge in [0.05, 0.1) is 17.6 Å². The molecule has 0 radical (unpaired) electrons. The molecule has 0 fully saturated rings. The van der Waals surface area contributed by atoms with Crippen molar-refractivity contribution in [2.24, 2.45) is 5.92 Å². The monoisotopic (exact) mass is 462 g/mol. The van der Waals surface area contributed by atoms with Gasteiger partial charge in [0.2, 0.25) is 15.9 Å². The van der Waals surface area contributed by atoms with Gasteiger partial charge in [-0.1, -0.05) is 66.7 Å². The Hall–Kier alpha value is -3.80. The lowest BCUT2D eigenvalue weighted by Crippen LogP contribution is -2.29. The van der Waals surface area contributed by atoms with Gasteiger partial charge in [0.15, 0.2) is 5.78 Å². The second-order valence-corrected chi connectivity index (χ2v) is 8.80. The summed E-state index contributed by atoms with van der Waals surface area (Å²) >= 11 is 0. The number of carbonyl (C=O) groups is 2. The quantitative estimate of drug-likeness (QED) is 0.295. The normalized spacial score (nSPS) is 11.9. The van der Waals surface area contributed by atoms with Crippen molar-refractivity contribution in [1.82, 2.24) is 4.72 Å². The van der Waals surface area contributed by atoms with Gasteiger partial charge in [0.1, 0.15) is 0 Å². The van der Waals surface area contributed by atoms with Crippen molar-refractivity contribution in [3.05, 3.63) is 90.0 Å². The van der Waals surface area contributed by atoms with Crippen LogP contribution in [0.1, 0.15) is 22.8 Å². The van der Waals surface area contributed by atoms with Crippen LogP contribution in [-0.4, -0.2) is 26.8 Å². The number of carbonyl (C=O) groups excluding carboxylic acids is 2. The number of benzene rings is 3. The fourth-order valence-corrected chi connectivity index (χ4v) is 4.43. The van der Waals surface area contributed by atoms with Gasteiger partial charge in [0.25, 0.3) is 0 Å². The summed E-state index contributed by atoms with van der Waals surface area (Å²) in [7, 11) is -4.11. The maximum atomic E-state index is 13.0. The van der Waals surface area contributed by atoms with Crippen molar-refractivity contribution in [1.29, 1.82) is 5.26 Å². The molecule has 0 aliphatic heterocycles. The lowest BCUT2D eigenvalue weighted by molar-refractivity contribution is -0.144. The lowest BCUT2D eigenvalue weighted by Gasteiger charge is -2.13. The Morgan fingerprint density at radius 3 is 2.18 bits per heavy atom. The van der Waals surface area contributed by atoms with Crippen molar-refractivity contribution in [2.75, 3.05) is 6.61 Å². The summed E-state index contributed by atoms with van der Waals surface area (Å²) in [4.78, 5) is 24.4. The van der Waals surface area contributed by atoms with Crippen LogP contribution in [0.3, 0.4) is 0 Å². The fourth-order valence-electron chi connectivity index (χ4n) is 3.21. The van der Waals surface area contributed by atoms with E-state index >= 15 is 0 Å². The number of nitrogens with zero attached hydrogens (tertiary/aromatic N) is 1. The average molecular weight is 463 g/mol. The number of hydrogen-bond donors (Lipinski definition) is 1. The van der Waals surface area contributed by atoms with Crippen molar-refractivity contribution >= 4 is 21.8 Å². The molecule has 1 unspecified atom stereocenters. The Kier molecular flexibility index (Phi) is 7.72. The zero-order chi connectivity index (χ0) is 23.8. The second kappa shape index (κ2) is 10.7. The molecule has 168 valence electrons. The number of hydrogen-bond acceptors (Lipinski definition) is 6. The molecule has 0 heterocycles. The number of nitriles is 1. The van der Waals surface area contributed by atoms with Crippen LogP contribution in [0.2, 0.25) is 0 Å². The third kappa shape index (κ3) is 5.71. The van der Waals surface area contributed by atoms with E-state index in [-0.39, 0.29) is 23.6 Å². The largest absolute Gasteiger partial charge is 0.465 e. The summed E-state index contributed by atoms with van der Waals surface area (Å²) in [5, 5.41) is 9.27. The molecule has 8 heteroatoms. The Morgan fingerprint density at radius 1 is 0.939 bits per heavy atom. The van der Waals surface area contributed by atoms with Gasteiger partial charge >= 0.3 is 5.97 Å². The van der Waals surface area contributed by atoms with Gasteiger partial charge < -0.3 is 4.74 Å². The van der Waals surface area contributed by atoms with E-state index in [2.05, 4.69) is 4.72 Å². The molecule has 0 aliphatic carbocycles. The van der Waals surface area contributed by atoms with Gasteiger partial charge in [-0.2, -0.15) is 5.26 Å². The molecular weight excluding hydrogens is 440 g/mol. The molecule has 0 bridgehead atoms. The van der Waals surface area contributed by atoms with E-state index in [1.54, 1.807) is 13.0 Å². The molecule has 33 heavy (non-hydrogen) atoms. The number of ketones is 1. The van der Waals surface area contributed by atoms with E-state index < -0.39 is 27.7 Å². The average Bonchev–Trinajstić information content (AvgIpc) is 2.84. The van der Waals surface area contributed by atoms with Gasteiger partial charge in [0, 0.05) is 12.1 Å². The van der Waals surface area contributed by atoms with E-state index in [1.165, 1.54) is 24.3 Å². The van der Waals surface area contributed by atoms with Crippen LogP contribution in [0.25, 0.3) is 11.1 Å². The standard InChI is InChI=1S/C25H22N2O5S/c1-2-32-25(29)22(16-26)24(28)21-10-6-7-11-23(21)33(30,31)27-17-18-12-14-20(15-13-18)19-8-4-3-5-9-19/h3-15,22,27H,2,17H2,1H3. The number of sulfonamides is 1. The van der Waals surface area contributed by atoms with Crippen LogP contribution in [0.4, 0.5) is 0 Å². The fraction of sp³-hybridized carbons (Fsp3) is 0.160. The minimum atomic E-state index is -4.11. The summed E-state index contributed by atoms with van der Waals surface area (Å²) in [5.41, 5.74) is 2.53. The number of esters is 1. The molecule has 0 aliphatic rings. The van der Waals surface area contributed by atoms with Crippen LogP contribution in [0.15, 0.2) is 83.8 Å². The highest BCUT2D eigenvalue weighted by Crippen LogP contribution is 2.22. The minimum Gasteiger partial charge on any atom is -0.465 e. The SMILES string of the molecule is CCOC(=O)C(C#N)C(=O)c1ccccc1S(=O)(=O)NCc1ccc(-c2ccccc2)cc1. The number of rotatable bonds is 9. The highest BCUT2D eigenvalue weighted by atomic mass is 32.2. The molecule has 0 aromatic heterocycles. The number of ether oxygens (including phenoxy) is 1. The van der Waals surface area contributed by atoms with E-state index in [0.29, 0.717) is 0 Å². The maximum absolute atomic E-state index is 13.0. The molecule has 0 amide bonds. The maximum Gasteiger partial charge on any atom is 0.331 e. The minimum absolute atomic E-state index is 0.000513. The Bertz CT molecular complexity index is 1280. The Balaban J connectivity index is 1.79. The lowest BCUT2D eigenvalue weighted by atomic mass is 9.99. The predicted molar refractivity (Wildman–Crippen MR) is 122 cm³/mol. The van der Waals surface area contributed by atoms with Gasteiger partial charge in [-0.25, -0.2) is 13.1 Å².